The van der Waals surface area contributed by atoms with Gasteiger partial charge in [0.25, 0.3) is 0 Å². The molecule has 1 aromatic rings. The van der Waals surface area contributed by atoms with Gasteiger partial charge in [0.2, 0.25) is 5.91 Å². The van der Waals surface area contributed by atoms with Gasteiger partial charge in [-0.25, -0.2) is 0 Å². The van der Waals surface area contributed by atoms with Crippen molar-refractivity contribution in [3.8, 4) is 0 Å². The highest BCUT2D eigenvalue weighted by Crippen LogP contribution is 2.21. The summed E-state index contributed by atoms with van der Waals surface area (Å²) in [5.41, 5.74) is 7.37. The van der Waals surface area contributed by atoms with Gasteiger partial charge in [0.05, 0.1) is 0 Å². The third-order valence-electron chi connectivity index (χ3n) is 2.14. The third-order valence-corrected chi connectivity index (χ3v) is 2.63. The minimum absolute atomic E-state index is 0.280. The average molecular weight is 271 g/mol. The molecule has 0 saturated heterocycles. The molecule has 0 saturated carbocycles. The average Bonchev–Trinajstić information content (AvgIpc) is 2.19. The highest BCUT2D eigenvalue weighted by atomic mass is 79.9. The maximum absolute atomic E-state index is 10.6. The van der Waals surface area contributed by atoms with Gasteiger partial charge < -0.3 is 11.1 Å². The van der Waals surface area contributed by atoms with Crippen LogP contribution in [0.5, 0.6) is 0 Å². The highest BCUT2D eigenvalue weighted by Gasteiger charge is 2.01. The van der Waals surface area contributed by atoms with Crippen molar-refractivity contribution in [1.82, 2.24) is 0 Å². The second-order valence-electron chi connectivity index (χ2n) is 3.30. The van der Waals surface area contributed by atoms with E-state index in [0.717, 1.165) is 16.6 Å². The van der Waals surface area contributed by atoms with Gasteiger partial charge in [0.15, 0.2) is 0 Å². The molecule has 0 unspecified atom stereocenters. The SMILES string of the molecule is CCc1cc(Br)ccc1NCCC(N)=O. The van der Waals surface area contributed by atoms with Crippen LogP contribution in [0.1, 0.15) is 18.9 Å². The van der Waals surface area contributed by atoms with Crippen LogP contribution < -0.4 is 11.1 Å². The molecule has 0 aliphatic carbocycles. The molecule has 82 valence electrons. The summed E-state index contributed by atoms with van der Waals surface area (Å²) in [6.45, 7) is 2.69. The van der Waals surface area contributed by atoms with E-state index in [1.165, 1.54) is 5.56 Å². The number of halogens is 1. The summed E-state index contributed by atoms with van der Waals surface area (Å²) in [6, 6.07) is 6.06. The molecule has 1 amide bonds. The Bertz CT molecular complexity index is 352. The maximum Gasteiger partial charge on any atom is 0.219 e. The monoisotopic (exact) mass is 270 g/mol. The van der Waals surface area contributed by atoms with E-state index in [0.29, 0.717) is 13.0 Å². The first-order valence-electron chi connectivity index (χ1n) is 4.94. The molecule has 0 aliphatic rings. The molecule has 0 radical (unpaired) electrons. The second-order valence-corrected chi connectivity index (χ2v) is 4.21. The fourth-order valence-corrected chi connectivity index (χ4v) is 1.76. The van der Waals surface area contributed by atoms with Gasteiger partial charge in [-0.3, -0.25) is 4.79 Å². The summed E-state index contributed by atoms with van der Waals surface area (Å²) in [7, 11) is 0. The van der Waals surface area contributed by atoms with Crippen LogP contribution in [0.4, 0.5) is 5.69 Å². The van der Waals surface area contributed by atoms with Crippen LogP contribution in [-0.4, -0.2) is 12.5 Å². The smallest absolute Gasteiger partial charge is 0.219 e. The number of amides is 1. The van der Waals surface area contributed by atoms with Crippen LogP contribution >= 0.6 is 15.9 Å². The van der Waals surface area contributed by atoms with Crippen LogP contribution in [0.3, 0.4) is 0 Å². The lowest BCUT2D eigenvalue weighted by molar-refractivity contribution is -0.117. The van der Waals surface area contributed by atoms with Gasteiger partial charge in [-0.05, 0) is 30.2 Å². The Morgan fingerprint density at radius 3 is 2.87 bits per heavy atom. The van der Waals surface area contributed by atoms with Crippen molar-refractivity contribution in [3.05, 3.63) is 28.2 Å². The number of hydrogen-bond acceptors (Lipinski definition) is 2. The van der Waals surface area contributed by atoms with Gasteiger partial charge in [-0.2, -0.15) is 0 Å². The van der Waals surface area contributed by atoms with E-state index in [4.69, 9.17) is 5.73 Å². The van der Waals surface area contributed by atoms with E-state index >= 15 is 0 Å². The summed E-state index contributed by atoms with van der Waals surface area (Å²) >= 11 is 3.43. The summed E-state index contributed by atoms with van der Waals surface area (Å²) in [5.74, 6) is -0.280. The van der Waals surface area contributed by atoms with Crippen molar-refractivity contribution < 1.29 is 4.79 Å². The number of benzene rings is 1. The van der Waals surface area contributed by atoms with Crippen molar-refractivity contribution in [3.63, 3.8) is 0 Å². The molecule has 4 heteroatoms. The number of nitrogens with two attached hydrogens (primary N) is 1. The summed E-state index contributed by atoms with van der Waals surface area (Å²) in [5, 5.41) is 3.20. The number of primary amides is 1. The molecule has 0 aromatic heterocycles. The first-order chi connectivity index (χ1) is 7.13. The van der Waals surface area contributed by atoms with Gasteiger partial charge in [0.1, 0.15) is 0 Å². The van der Waals surface area contributed by atoms with Crippen molar-refractivity contribution >= 4 is 27.5 Å². The molecule has 0 atom stereocenters. The van der Waals surface area contributed by atoms with Crippen LogP contribution in [0.2, 0.25) is 0 Å². The quantitative estimate of drug-likeness (QED) is 0.863. The van der Waals surface area contributed by atoms with Crippen LogP contribution in [0.25, 0.3) is 0 Å². The summed E-state index contributed by atoms with van der Waals surface area (Å²) < 4.78 is 1.07. The molecule has 0 spiro atoms. The Kier molecular flexibility index (Phi) is 4.62. The van der Waals surface area contributed by atoms with Crippen LogP contribution in [0.15, 0.2) is 22.7 Å². The molecule has 0 heterocycles. The summed E-state index contributed by atoms with van der Waals surface area (Å²) in [4.78, 5) is 10.6. The lowest BCUT2D eigenvalue weighted by Gasteiger charge is -2.10. The first kappa shape index (κ1) is 12.0. The molecule has 3 N–H and O–H groups in total. The Morgan fingerprint density at radius 2 is 2.27 bits per heavy atom. The normalized spacial score (nSPS) is 10.0. The van der Waals surface area contributed by atoms with E-state index in [2.05, 4.69) is 34.2 Å². The Labute approximate surface area is 98.2 Å². The number of carbonyl (C=O) groups is 1. The zero-order valence-electron chi connectivity index (χ0n) is 8.72. The number of anilines is 1. The maximum atomic E-state index is 10.6. The van der Waals surface area contributed by atoms with E-state index < -0.39 is 0 Å². The standard InChI is InChI=1S/C11H15BrN2O/c1-2-8-7-9(12)3-4-10(8)14-6-5-11(13)15/h3-4,7,14H,2,5-6H2,1H3,(H2,13,15). The molecule has 3 nitrogen and oxygen atoms in total. The Hall–Kier alpha value is -1.03. The molecule has 1 aromatic carbocycles. The van der Waals surface area contributed by atoms with E-state index in [1.807, 2.05) is 12.1 Å². The molecule has 1 rings (SSSR count). The molecule has 0 bridgehead atoms. The highest BCUT2D eigenvalue weighted by molar-refractivity contribution is 9.10. The first-order valence-corrected chi connectivity index (χ1v) is 5.73. The lowest BCUT2D eigenvalue weighted by atomic mass is 10.1. The zero-order chi connectivity index (χ0) is 11.3. The van der Waals surface area contributed by atoms with Gasteiger partial charge in [0, 0.05) is 23.1 Å². The molecule has 0 aliphatic heterocycles. The van der Waals surface area contributed by atoms with Gasteiger partial charge in [-0.15, -0.1) is 0 Å². The number of aryl methyl sites for hydroxylation is 1. The van der Waals surface area contributed by atoms with E-state index in [9.17, 15) is 4.79 Å². The molecule has 15 heavy (non-hydrogen) atoms. The van der Waals surface area contributed by atoms with Crippen molar-refractivity contribution in [2.24, 2.45) is 5.73 Å². The minimum Gasteiger partial charge on any atom is -0.384 e. The van der Waals surface area contributed by atoms with Crippen molar-refractivity contribution in [1.29, 1.82) is 0 Å². The Balaban J connectivity index is 2.63. The number of carbonyl (C=O) groups excluding carboxylic acids is 1. The number of rotatable bonds is 5. The fourth-order valence-electron chi connectivity index (χ4n) is 1.35. The third kappa shape index (κ3) is 3.91. The second kappa shape index (κ2) is 5.75. The van der Waals surface area contributed by atoms with Crippen LogP contribution in [0, 0.1) is 0 Å². The topological polar surface area (TPSA) is 55.1 Å². The predicted molar refractivity (Wildman–Crippen MR) is 65.8 cm³/mol. The van der Waals surface area contributed by atoms with E-state index in [-0.39, 0.29) is 5.91 Å². The number of hydrogen-bond donors (Lipinski definition) is 2. The summed E-state index contributed by atoms with van der Waals surface area (Å²) in [6.07, 6.45) is 1.32. The molecular weight excluding hydrogens is 256 g/mol. The Morgan fingerprint density at radius 1 is 1.53 bits per heavy atom. The largest absolute Gasteiger partial charge is 0.384 e. The van der Waals surface area contributed by atoms with Gasteiger partial charge >= 0.3 is 0 Å². The van der Waals surface area contributed by atoms with Gasteiger partial charge in [-0.1, -0.05) is 22.9 Å². The molecular formula is C11H15BrN2O. The van der Waals surface area contributed by atoms with Crippen molar-refractivity contribution in [2.45, 2.75) is 19.8 Å². The minimum atomic E-state index is -0.280. The fraction of sp³-hybridized carbons (Fsp3) is 0.364. The van der Waals surface area contributed by atoms with Crippen molar-refractivity contribution in [2.75, 3.05) is 11.9 Å². The molecule has 0 fully saturated rings. The van der Waals surface area contributed by atoms with E-state index in [1.54, 1.807) is 0 Å². The predicted octanol–water partition coefficient (Wildman–Crippen LogP) is 2.30. The zero-order valence-corrected chi connectivity index (χ0v) is 10.3. The lowest BCUT2D eigenvalue weighted by Crippen LogP contribution is -2.16. The van der Waals surface area contributed by atoms with Crippen LogP contribution in [-0.2, 0) is 11.2 Å². The number of nitrogens with one attached hydrogen (secondary N) is 1.